The van der Waals surface area contributed by atoms with E-state index >= 15 is 0 Å². The quantitative estimate of drug-likeness (QED) is 0.309. The van der Waals surface area contributed by atoms with Crippen LogP contribution in [-0.4, -0.2) is 13.4 Å². The number of nitrogens with zero attached hydrogens (tertiary/aromatic N) is 1. The van der Waals surface area contributed by atoms with Gasteiger partial charge in [-0.2, -0.15) is 13.8 Å². The van der Waals surface area contributed by atoms with Crippen LogP contribution in [0.4, 0.5) is 21.7 Å². The summed E-state index contributed by atoms with van der Waals surface area (Å²) in [6.45, 7) is 1.85. The number of halogens is 5. The maximum atomic E-state index is 13.3. The second-order valence-corrected chi connectivity index (χ2v) is 6.61. The fourth-order valence-electron chi connectivity index (χ4n) is 1.01. The highest BCUT2D eigenvalue weighted by molar-refractivity contribution is 6.83. The van der Waals surface area contributed by atoms with E-state index in [4.69, 9.17) is 0 Å². The molecular formula is C7H6F5NSi. The molecule has 0 spiro atoms. The van der Waals surface area contributed by atoms with Crippen LogP contribution < -0.4 is 5.19 Å². The summed E-state index contributed by atoms with van der Waals surface area (Å²) in [4.78, 5) is 2.32. The Hall–Kier alpha value is -0.983. The Morgan fingerprint density at radius 2 is 1.29 bits per heavy atom. The zero-order valence-corrected chi connectivity index (χ0v) is 8.34. The van der Waals surface area contributed by atoms with E-state index in [1.807, 2.05) is 0 Å². The summed E-state index contributed by atoms with van der Waals surface area (Å²) >= 11 is 0. The molecule has 0 radical (unpaired) electrons. The molecule has 7 heteroatoms. The molecule has 0 unspecified atom stereocenters. The molecule has 14 heavy (non-hydrogen) atoms. The van der Waals surface area contributed by atoms with Gasteiger partial charge in [-0.25, -0.2) is 8.78 Å². The first kappa shape index (κ1) is 11.1. The monoisotopic (exact) mass is 227 g/mol. The molecule has 0 aliphatic heterocycles. The van der Waals surface area contributed by atoms with Crippen molar-refractivity contribution in [2.45, 2.75) is 13.1 Å². The standard InChI is InChI=1S/C7H6F5NSi/c1-14(2,12)5-3(8)6(10)13-7(11)4(5)9/h1-2H3. The predicted molar refractivity (Wildman–Crippen MR) is 42.3 cm³/mol. The normalized spacial score (nSPS) is 11.9. The van der Waals surface area contributed by atoms with Gasteiger partial charge in [-0.15, -0.1) is 0 Å². The highest BCUT2D eigenvalue weighted by atomic mass is 28.4. The molecule has 78 valence electrons. The van der Waals surface area contributed by atoms with Crippen molar-refractivity contribution in [3.8, 4) is 0 Å². The Morgan fingerprint density at radius 3 is 1.57 bits per heavy atom. The summed E-state index contributed by atoms with van der Waals surface area (Å²) in [5.41, 5.74) is 0. The Balaban J connectivity index is 3.56. The van der Waals surface area contributed by atoms with E-state index < -0.39 is 37.1 Å². The molecule has 0 fully saturated rings. The molecule has 0 aromatic carbocycles. The summed E-state index contributed by atoms with van der Waals surface area (Å²) in [6.07, 6.45) is 0. The zero-order valence-electron chi connectivity index (χ0n) is 7.34. The molecule has 0 atom stereocenters. The summed E-state index contributed by atoms with van der Waals surface area (Å²) < 4.78 is 64.1. The lowest BCUT2D eigenvalue weighted by atomic mass is 10.4. The molecule has 0 N–H and O–H groups in total. The van der Waals surface area contributed by atoms with Gasteiger partial charge >= 0.3 is 0 Å². The molecule has 1 rings (SSSR count). The third kappa shape index (κ3) is 1.77. The summed E-state index contributed by atoms with van der Waals surface area (Å²) in [5, 5.41) is -1.15. The van der Waals surface area contributed by atoms with Crippen LogP contribution in [0, 0.1) is 23.5 Å². The lowest BCUT2D eigenvalue weighted by Gasteiger charge is -2.13. The minimum Gasteiger partial charge on any atom is -0.308 e. The molecular weight excluding hydrogens is 221 g/mol. The molecule has 0 saturated carbocycles. The smallest absolute Gasteiger partial charge is 0.277 e. The van der Waals surface area contributed by atoms with Gasteiger partial charge < -0.3 is 4.11 Å². The SMILES string of the molecule is C[Si](C)(F)c1c(F)c(F)nc(F)c1F. The van der Waals surface area contributed by atoms with E-state index in [1.165, 1.54) is 0 Å². The fraction of sp³-hybridized carbons (Fsp3) is 0.286. The van der Waals surface area contributed by atoms with Gasteiger partial charge in [0.25, 0.3) is 20.3 Å². The first-order valence-electron chi connectivity index (χ1n) is 3.64. The van der Waals surface area contributed by atoms with Crippen LogP contribution in [0.25, 0.3) is 0 Å². The average Bonchev–Trinajstić information content (AvgIpc) is 1.98. The van der Waals surface area contributed by atoms with Gasteiger partial charge in [-0.05, 0) is 13.1 Å². The van der Waals surface area contributed by atoms with Crippen molar-refractivity contribution >= 4 is 13.6 Å². The van der Waals surface area contributed by atoms with Crippen LogP contribution in [0.2, 0.25) is 13.1 Å². The van der Waals surface area contributed by atoms with Crippen LogP contribution in [0.5, 0.6) is 0 Å². The van der Waals surface area contributed by atoms with Gasteiger partial charge in [0, 0.05) is 0 Å². The summed E-state index contributed by atoms with van der Waals surface area (Å²) in [7, 11) is -3.96. The van der Waals surface area contributed by atoms with Crippen LogP contribution >= 0.6 is 0 Å². The molecule has 0 saturated heterocycles. The van der Waals surface area contributed by atoms with Crippen molar-refractivity contribution in [3.05, 3.63) is 23.5 Å². The van der Waals surface area contributed by atoms with Gasteiger partial charge in [0.15, 0.2) is 11.6 Å². The van der Waals surface area contributed by atoms with E-state index in [0.717, 1.165) is 13.1 Å². The van der Waals surface area contributed by atoms with Crippen LogP contribution in [-0.2, 0) is 0 Å². The molecule has 1 aromatic heterocycles. The van der Waals surface area contributed by atoms with Crippen LogP contribution in [0.3, 0.4) is 0 Å². The van der Waals surface area contributed by atoms with E-state index in [0.29, 0.717) is 0 Å². The maximum absolute atomic E-state index is 13.3. The fourth-order valence-corrected chi connectivity index (χ4v) is 2.26. The Kier molecular flexibility index (Phi) is 2.62. The van der Waals surface area contributed by atoms with Crippen molar-refractivity contribution in [2.75, 3.05) is 0 Å². The highest BCUT2D eigenvalue weighted by Crippen LogP contribution is 2.14. The second kappa shape index (κ2) is 3.30. The number of rotatable bonds is 1. The first-order valence-corrected chi connectivity index (χ1v) is 6.52. The summed E-state index contributed by atoms with van der Waals surface area (Å²) in [6, 6.07) is 0. The second-order valence-electron chi connectivity index (χ2n) is 3.17. The van der Waals surface area contributed by atoms with Crippen molar-refractivity contribution in [3.63, 3.8) is 0 Å². The Bertz CT molecular complexity index is 347. The zero-order chi connectivity index (χ0) is 11.1. The molecule has 0 aliphatic carbocycles. The molecule has 1 aromatic rings. The topological polar surface area (TPSA) is 12.9 Å². The number of aromatic nitrogens is 1. The minimum atomic E-state index is -3.96. The third-order valence-corrected chi connectivity index (χ3v) is 3.22. The predicted octanol–water partition coefficient (Wildman–Crippen LogP) is 2.02. The van der Waals surface area contributed by atoms with Crippen molar-refractivity contribution in [1.82, 2.24) is 4.98 Å². The van der Waals surface area contributed by atoms with E-state index in [2.05, 4.69) is 4.98 Å². The van der Waals surface area contributed by atoms with Gasteiger partial charge in [0.2, 0.25) is 0 Å². The largest absolute Gasteiger partial charge is 0.308 e. The maximum Gasteiger partial charge on any atom is 0.277 e. The number of hydrogen-bond acceptors (Lipinski definition) is 1. The van der Waals surface area contributed by atoms with Crippen molar-refractivity contribution in [1.29, 1.82) is 0 Å². The summed E-state index contributed by atoms with van der Waals surface area (Å²) in [5.74, 6) is -7.14. The molecule has 1 heterocycles. The Labute approximate surface area is 77.8 Å². The van der Waals surface area contributed by atoms with Crippen molar-refractivity contribution in [2.24, 2.45) is 0 Å². The van der Waals surface area contributed by atoms with Gasteiger partial charge in [0.1, 0.15) is 0 Å². The van der Waals surface area contributed by atoms with E-state index in [1.54, 1.807) is 0 Å². The average molecular weight is 227 g/mol. The molecule has 0 amide bonds. The van der Waals surface area contributed by atoms with E-state index in [9.17, 15) is 21.7 Å². The van der Waals surface area contributed by atoms with E-state index in [-0.39, 0.29) is 0 Å². The Morgan fingerprint density at radius 1 is 0.929 bits per heavy atom. The van der Waals surface area contributed by atoms with Crippen LogP contribution in [0.1, 0.15) is 0 Å². The van der Waals surface area contributed by atoms with Gasteiger partial charge in [-0.3, -0.25) is 0 Å². The molecule has 1 nitrogen and oxygen atoms in total. The van der Waals surface area contributed by atoms with Gasteiger partial charge in [-0.1, -0.05) is 0 Å². The lowest BCUT2D eigenvalue weighted by Crippen LogP contribution is -2.43. The molecule has 0 bridgehead atoms. The first-order chi connectivity index (χ1) is 6.25. The van der Waals surface area contributed by atoms with Gasteiger partial charge in [0.05, 0.1) is 5.19 Å². The van der Waals surface area contributed by atoms with Crippen molar-refractivity contribution < 1.29 is 21.7 Å². The van der Waals surface area contributed by atoms with Crippen LogP contribution in [0.15, 0.2) is 0 Å². The third-order valence-electron chi connectivity index (χ3n) is 1.59. The lowest BCUT2D eigenvalue weighted by molar-refractivity contribution is 0.413. The minimum absolute atomic E-state index is 0.924. The highest BCUT2D eigenvalue weighted by Gasteiger charge is 2.35. The molecule has 0 aliphatic rings. The number of pyridine rings is 1. The number of hydrogen-bond donors (Lipinski definition) is 0.